The number of hydrogen-bond donors (Lipinski definition) is 1. The summed E-state index contributed by atoms with van der Waals surface area (Å²) >= 11 is 0. The van der Waals surface area contributed by atoms with E-state index in [2.05, 4.69) is 0 Å². The van der Waals surface area contributed by atoms with Gasteiger partial charge in [-0.2, -0.15) is 0 Å². The van der Waals surface area contributed by atoms with Crippen LogP contribution in [0.4, 0.5) is 5.69 Å². The highest BCUT2D eigenvalue weighted by Crippen LogP contribution is 2.30. The van der Waals surface area contributed by atoms with Gasteiger partial charge in [-0.1, -0.05) is 12.1 Å². The van der Waals surface area contributed by atoms with E-state index in [1.807, 2.05) is 0 Å². The highest BCUT2D eigenvalue weighted by Gasteiger charge is 2.17. The van der Waals surface area contributed by atoms with E-state index in [-0.39, 0.29) is 33.9 Å². The Morgan fingerprint density at radius 1 is 1.14 bits per heavy atom. The minimum atomic E-state index is -0.601. The fourth-order valence-corrected chi connectivity index (χ4v) is 1.98. The molecule has 7 heteroatoms. The van der Waals surface area contributed by atoms with Crippen molar-refractivity contribution in [2.75, 3.05) is 0 Å². The van der Waals surface area contributed by atoms with Gasteiger partial charge in [0.2, 0.25) is 16.9 Å². The third kappa shape index (κ3) is 2.35. The summed E-state index contributed by atoms with van der Waals surface area (Å²) in [5, 5.41) is 20.5. The van der Waals surface area contributed by atoms with Gasteiger partial charge in [0.1, 0.15) is 17.6 Å². The largest absolute Gasteiger partial charge is 0.508 e. The minimum Gasteiger partial charge on any atom is -0.508 e. The van der Waals surface area contributed by atoms with E-state index in [4.69, 9.17) is 9.15 Å². The second-order valence-electron chi connectivity index (χ2n) is 4.44. The average molecular weight is 299 g/mol. The minimum absolute atomic E-state index is 0.0389. The molecule has 0 saturated heterocycles. The Morgan fingerprint density at radius 2 is 1.91 bits per heavy atom. The molecule has 0 spiro atoms. The van der Waals surface area contributed by atoms with Crippen LogP contribution < -0.4 is 10.2 Å². The third-order valence-corrected chi connectivity index (χ3v) is 3.01. The van der Waals surface area contributed by atoms with E-state index in [0.29, 0.717) is 0 Å². The molecule has 0 radical (unpaired) electrons. The molecule has 22 heavy (non-hydrogen) atoms. The molecule has 2 aromatic carbocycles. The van der Waals surface area contributed by atoms with Gasteiger partial charge < -0.3 is 14.3 Å². The van der Waals surface area contributed by atoms with Crippen molar-refractivity contribution in [3.63, 3.8) is 0 Å². The summed E-state index contributed by atoms with van der Waals surface area (Å²) in [5.41, 5.74) is -0.549. The van der Waals surface area contributed by atoms with Crippen molar-refractivity contribution in [1.82, 2.24) is 0 Å². The summed E-state index contributed by atoms with van der Waals surface area (Å²) < 4.78 is 10.6. The number of nitro benzene ring substituents is 1. The lowest BCUT2D eigenvalue weighted by atomic mass is 10.2. The summed E-state index contributed by atoms with van der Waals surface area (Å²) in [6.07, 6.45) is 1.06. The van der Waals surface area contributed by atoms with Crippen LogP contribution in [0.3, 0.4) is 0 Å². The second-order valence-corrected chi connectivity index (χ2v) is 4.44. The predicted molar refractivity (Wildman–Crippen MR) is 77.3 cm³/mol. The number of hydrogen-bond acceptors (Lipinski definition) is 6. The predicted octanol–water partition coefficient (Wildman–Crippen LogP) is 3.20. The number of ether oxygens (including phenoxy) is 1. The van der Waals surface area contributed by atoms with Crippen LogP contribution in [0.5, 0.6) is 17.2 Å². The topological polar surface area (TPSA) is 103 Å². The Balaban J connectivity index is 2.09. The van der Waals surface area contributed by atoms with E-state index >= 15 is 0 Å². The van der Waals surface area contributed by atoms with Gasteiger partial charge >= 0.3 is 5.69 Å². The molecule has 0 amide bonds. The maximum Gasteiger partial charge on any atom is 0.311 e. The number of phenolic OH excluding ortho intramolecular Hbond substituents is 1. The van der Waals surface area contributed by atoms with Crippen LogP contribution in [-0.2, 0) is 0 Å². The first-order chi connectivity index (χ1) is 10.6. The first-order valence-corrected chi connectivity index (χ1v) is 6.22. The second kappa shape index (κ2) is 5.21. The van der Waals surface area contributed by atoms with Crippen molar-refractivity contribution in [3.05, 3.63) is 69.1 Å². The zero-order valence-electron chi connectivity index (χ0n) is 11.1. The van der Waals surface area contributed by atoms with Crippen LogP contribution in [0, 0.1) is 10.1 Å². The van der Waals surface area contributed by atoms with Crippen molar-refractivity contribution < 1.29 is 19.2 Å². The number of nitrogens with zero attached hydrogens (tertiary/aromatic N) is 1. The molecule has 7 nitrogen and oxygen atoms in total. The van der Waals surface area contributed by atoms with Gasteiger partial charge in [0.25, 0.3) is 0 Å². The number of rotatable bonds is 3. The van der Waals surface area contributed by atoms with Crippen LogP contribution in [0.25, 0.3) is 11.0 Å². The molecular formula is C15H9NO6. The molecule has 0 bridgehead atoms. The molecule has 1 N–H and O–H groups in total. The van der Waals surface area contributed by atoms with Crippen molar-refractivity contribution in [3.8, 4) is 17.2 Å². The lowest BCUT2D eigenvalue weighted by Crippen LogP contribution is -2.05. The molecule has 0 aliphatic rings. The first-order valence-electron chi connectivity index (χ1n) is 6.22. The lowest BCUT2D eigenvalue weighted by molar-refractivity contribution is -0.385. The molecule has 0 atom stereocenters. The van der Waals surface area contributed by atoms with Crippen LogP contribution in [0.2, 0.25) is 0 Å². The quantitative estimate of drug-likeness (QED) is 0.588. The lowest BCUT2D eigenvalue weighted by Gasteiger charge is -2.06. The number of para-hydroxylation sites is 2. The van der Waals surface area contributed by atoms with Gasteiger partial charge in [0, 0.05) is 12.1 Å². The van der Waals surface area contributed by atoms with Gasteiger partial charge in [-0.15, -0.1) is 0 Å². The zero-order chi connectivity index (χ0) is 15.7. The Bertz CT molecular complexity index is 931. The summed E-state index contributed by atoms with van der Waals surface area (Å²) in [7, 11) is 0. The highest BCUT2D eigenvalue weighted by atomic mass is 16.6. The smallest absolute Gasteiger partial charge is 0.311 e. The summed E-state index contributed by atoms with van der Waals surface area (Å²) in [6.45, 7) is 0. The number of fused-ring (bicyclic) bond motifs is 1. The van der Waals surface area contributed by atoms with Gasteiger partial charge in [-0.25, -0.2) is 0 Å². The highest BCUT2D eigenvalue weighted by molar-refractivity contribution is 5.79. The Hall–Kier alpha value is -3.35. The van der Waals surface area contributed by atoms with E-state index in [1.165, 1.54) is 36.4 Å². The Kier molecular flexibility index (Phi) is 3.23. The van der Waals surface area contributed by atoms with Crippen molar-refractivity contribution in [1.29, 1.82) is 0 Å². The van der Waals surface area contributed by atoms with E-state index in [9.17, 15) is 20.0 Å². The zero-order valence-corrected chi connectivity index (χ0v) is 11.1. The standard InChI is InChI=1S/C15H9NO6/c17-9-5-6-10-13(7-9)21-8-14(15(10)18)22-12-4-2-1-3-11(12)16(19)20/h1-8,17H. The number of nitro groups is 1. The fourth-order valence-electron chi connectivity index (χ4n) is 1.98. The van der Waals surface area contributed by atoms with Crippen molar-refractivity contribution in [2.45, 2.75) is 0 Å². The number of benzene rings is 2. The number of aromatic hydroxyl groups is 1. The molecule has 0 fully saturated rings. The summed E-state index contributed by atoms with van der Waals surface area (Å²) in [6, 6.07) is 9.75. The SMILES string of the molecule is O=c1c(Oc2ccccc2[N+](=O)[O-])coc2cc(O)ccc12. The van der Waals surface area contributed by atoms with Gasteiger partial charge in [0.15, 0.2) is 0 Å². The Morgan fingerprint density at radius 3 is 2.68 bits per heavy atom. The molecule has 0 saturated carbocycles. The summed E-state index contributed by atoms with van der Waals surface area (Å²) in [4.78, 5) is 22.6. The molecule has 0 aliphatic heterocycles. The molecule has 1 aromatic heterocycles. The molecule has 110 valence electrons. The van der Waals surface area contributed by atoms with Gasteiger partial charge in [0.05, 0.1) is 10.3 Å². The van der Waals surface area contributed by atoms with E-state index in [1.54, 1.807) is 6.07 Å². The monoisotopic (exact) mass is 299 g/mol. The molecule has 3 aromatic rings. The molecule has 0 aliphatic carbocycles. The summed E-state index contributed by atoms with van der Waals surface area (Å²) in [5.74, 6) is -0.270. The first kappa shape index (κ1) is 13.6. The van der Waals surface area contributed by atoms with Crippen LogP contribution in [0.15, 0.2) is 57.9 Å². The van der Waals surface area contributed by atoms with Crippen LogP contribution in [0.1, 0.15) is 0 Å². The van der Waals surface area contributed by atoms with E-state index in [0.717, 1.165) is 6.26 Å². The van der Waals surface area contributed by atoms with Gasteiger partial charge in [-0.05, 0) is 18.2 Å². The third-order valence-electron chi connectivity index (χ3n) is 3.01. The molecule has 3 rings (SSSR count). The van der Waals surface area contributed by atoms with Crippen molar-refractivity contribution in [2.24, 2.45) is 0 Å². The van der Waals surface area contributed by atoms with E-state index < -0.39 is 10.4 Å². The number of phenols is 1. The molecule has 1 heterocycles. The normalized spacial score (nSPS) is 10.5. The van der Waals surface area contributed by atoms with Crippen LogP contribution in [-0.4, -0.2) is 10.0 Å². The fraction of sp³-hybridized carbons (Fsp3) is 0. The Labute approximate surface area is 123 Å². The molecular weight excluding hydrogens is 290 g/mol. The average Bonchev–Trinajstić information content (AvgIpc) is 2.50. The van der Waals surface area contributed by atoms with Crippen molar-refractivity contribution >= 4 is 16.7 Å². The van der Waals surface area contributed by atoms with Gasteiger partial charge in [-0.3, -0.25) is 14.9 Å². The maximum atomic E-state index is 12.3. The maximum absolute atomic E-state index is 12.3. The van der Waals surface area contributed by atoms with Crippen LogP contribution >= 0.6 is 0 Å². The molecule has 0 unspecified atom stereocenters.